The fourth-order valence-electron chi connectivity index (χ4n) is 2.95. The van der Waals surface area contributed by atoms with Gasteiger partial charge in [0.15, 0.2) is 11.5 Å². The molecule has 1 saturated heterocycles. The lowest BCUT2D eigenvalue weighted by Gasteiger charge is -2.29. The van der Waals surface area contributed by atoms with Gasteiger partial charge in [0.2, 0.25) is 0 Å². The van der Waals surface area contributed by atoms with Gasteiger partial charge in [-0.25, -0.2) is 4.72 Å². The highest BCUT2D eigenvalue weighted by atomic mass is 35.5. The lowest BCUT2D eigenvalue weighted by Crippen LogP contribution is -2.45. The van der Waals surface area contributed by atoms with E-state index in [1.807, 2.05) is 6.07 Å². The Labute approximate surface area is 148 Å². The monoisotopic (exact) mass is 374 g/mol. The molecule has 0 atom stereocenters. The topological polar surface area (TPSA) is 67.9 Å². The molecule has 0 amide bonds. The van der Waals surface area contributed by atoms with Crippen molar-refractivity contribution >= 4 is 21.8 Å². The molecule has 0 aliphatic carbocycles. The van der Waals surface area contributed by atoms with E-state index in [-0.39, 0.29) is 0 Å². The molecular weight excluding hydrogens is 352 g/mol. The Balaban J connectivity index is 1.57. The summed E-state index contributed by atoms with van der Waals surface area (Å²) in [6.07, 6.45) is 2.37. The molecule has 1 N–H and O–H groups in total. The second kappa shape index (κ2) is 7.47. The highest BCUT2D eigenvalue weighted by molar-refractivity contribution is 7.87. The minimum atomic E-state index is -3.41. The molecule has 0 saturated carbocycles. The van der Waals surface area contributed by atoms with Gasteiger partial charge in [-0.15, -0.1) is 0 Å². The Morgan fingerprint density at radius 1 is 1.25 bits per heavy atom. The van der Waals surface area contributed by atoms with Crippen LogP contribution in [-0.4, -0.2) is 45.6 Å². The average molecular weight is 375 g/mol. The maximum atomic E-state index is 12.3. The van der Waals surface area contributed by atoms with Crippen LogP contribution in [0.25, 0.3) is 0 Å². The van der Waals surface area contributed by atoms with Gasteiger partial charge in [-0.3, -0.25) is 0 Å². The molecule has 6 nitrogen and oxygen atoms in total. The number of hydrogen-bond donors (Lipinski definition) is 1. The molecular formula is C16H23ClN2O4S. The number of nitrogens with one attached hydrogen (secondary N) is 1. The van der Waals surface area contributed by atoms with Gasteiger partial charge in [0.25, 0.3) is 10.2 Å². The van der Waals surface area contributed by atoms with Crippen LogP contribution >= 0.6 is 11.6 Å². The van der Waals surface area contributed by atoms with E-state index < -0.39 is 10.2 Å². The average Bonchev–Trinajstić information content (AvgIpc) is 2.55. The minimum Gasteiger partial charge on any atom is -0.486 e. The largest absolute Gasteiger partial charge is 0.486 e. The maximum absolute atomic E-state index is 12.3. The van der Waals surface area contributed by atoms with Crippen LogP contribution in [0, 0.1) is 5.92 Å². The number of rotatable bonds is 5. The van der Waals surface area contributed by atoms with Crippen molar-refractivity contribution in [1.82, 2.24) is 9.03 Å². The van der Waals surface area contributed by atoms with Crippen molar-refractivity contribution in [1.29, 1.82) is 0 Å². The third-order valence-electron chi connectivity index (χ3n) is 4.44. The summed E-state index contributed by atoms with van der Waals surface area (Å²) < 4.78 is 39.9. The second-order valence-electron chi connectivity index (χ2n) is 6.33. The number of hydrogen-bond acceptors (Lipinski definition) is 4. The van der Waals surface area contributed by atoms with E-state index in [1.54, 1.807) is 6.07 Å². The minimum absolute atomic E-state index is 0.324. The molecule has 24 heavy (non-hydrogen) atoms. The van der Waals surface area contributed by atoms with Gasteiger partial charge in [-0.05, 0) is 42.9 Å². The molecule has 1 aromatic rings. The Hall–Kier alpha value is -1.02. The Morgan fingerprint density at radius 3 is 2.71 bits per heavy atom. The number of halogens is 1. The van der Waals surface area contributed by atoms with Gasteiger partial charge in [0.05, 0.1) is 5.02 Å². The van der Waals surface area contributed by atoms with Crippen molar-refractivity contribution in [3.8, 4) is 11.5 Å². The molecule has 3 rings (SSSR count). The van der Waals surface area contributed by atoms with Gasteiger partial charge in [-0.1, -0.05) is 18.5 Å². The molecule has 8 heteroatoms. The first-order chi connectivity index (χ1) is 11.5. The van der Waals surface area contributed by atoms with E-state index in [4.69, 9.17) is 21.1 Å². The fraction of sp³-hybridized carbons (Fsp3) is 0.625. The summed E-state index contributed by atoms with van der Waals surface area (Å²) in [5.41, 5.74) is 0.916. The van der Waals surface area contributed by atoms with E-state index in [1.165, 1.54) is 4.31 Å². The number of benzene rings is 1. The molecule has 2 aliphatic heterocycles. The van der Waals surface area contributed by atoms with Crippen LogP contribution in [0.4, 0.5) is 0 Å². The van der Waals surface area contributed by atoms with Gasteiger partial charge >= 0.3 is 0 Å². The van der Waals surface area contributed by atoms with Crippen LogP contribution < -0.4 is 14.2 Å². The molecule has 134 valence electrons. The molecule has 0 bridgehead atoms. The first-order valence-corrected chi connectivity index (χ1v) is 10.1. The van der Waals surface area contributed by atoms with Gasteiger partial charge in [0, 0.05) is 19.6 Å². The Kier molecular flexibility index (Phi) is 5.54. The molecule has 2 aliphatic rings. The van der Waals surface area contributed by atoms with E-state index >= 15 is 0 Å². The summed E-state index contributed by atoms with van der Waals surface area (Å²) in [6, 6.07) is 3.66. The Morgan fingerprint density at radius 2 is 1.96 bits per heavy atom. The molecule has 0 unspecified atom stereocenters. The molecule has 1 fully saturated rings. The quantitative estimate of drug-likeness (QED) is 0.858. The number of nitrogens with zero attached hydrogens (tertiary/aromatic N) is 1. The standard InChI is InChI=1S/C16H23ClN2O4S/c1-12-3-6-19(7-4-12)24(20,21)18-5-2-13-10-14(17)16-15(11-13)22-8-9-23-16/h10-12,18H,2-9H2,1H3. The number of fused-ring (bicyclic) bond motifs is 1. The van der Waals surface area contributed by atoms with Crippen LogP contribution in [0.2, 0.25) is 5.02 Å². The van der Waals surface area contributed by atoms with Crippen molar-refractivity contribution in [3.63, 3.8) is 0 Å². The summed E-state index contributed by atoms with van der Waals surface area (Å²) in [5, 5.41) is 0.495. The zero-order chi connectivity index (χ0) is 17.2. The van der Waals surface area contributed by atoms with Crippen LogP contribution in [0.3, 0.4) is 0 Å². The van der Waals surface area contributed by atoms with E-state index in [0.717, 1.165) is 18.4 Å². The number of piperidine rings is 1. The smallest absolute Gasteiger partial charge is 0.279 e. The highest BCUT2D eigenvalue weighted by Crippen LogP contribution is 2.38. The van der Waals surface area contributed by atoms with Gasteiger partial charge < -0.3 is 9.47 Å². The zero-order valence-electron chi connectivity index (χ0n) is 13.8. The normalized spacial score (nSPS) is 19.4. The molecule has 0 aromatic heterocycles. The number of ether oxygens (including phenoxy) is 2. The predicted molar refractivity (Wildman–Crippen MR) is 93.0 cm³/mol. The van der Waals surface area contributed by atoms with Crippen LogP contribution in [-0.2, 0) is 16.6 Å². The second-order valence-corrected chi connectivity index (χ2v) is 8.50. The lowest BCUT2D eigenvalue weighted by molar-refractivity contribution is 0.171. The van der Waals surface area contributed by atoms with E-state index in [9.17, 15) is 8.42 Å². The molecule has 0 radical (unpaired) electrons. The van der Waals surface area contributed by atoms with Crippen LogP contribution in [0.5, 0.6) is 11.5 Å². The summed E-state index contributed by atoms with van der Waals surface area (Å²) in [7, 11) is -3.41. The Bertz CT molecular complexity index is 688. The fourth-order valence-corrected chi connectivity index (χ4v) is 4.47. The summed E-state index contributed by atoms with van der Waals surface area (Å²) in [4.78, 5) is 0. The van der Waals surface area contributed by atoms with Crippen molar-refractivity contribution in [2.24, 2.45) is 5.92 Å². The third-order valence-corrected chi connectivity index (χ3v) is 6.33. The van der Waals surface area contributed by atoms with E-state index in [2.05, 4.69) is 11.6 Å². The zero-order valence-corrected chi connectivity index (χ0v) is 15.3. The first kappa shape index (κ1) is 17.8. The lowest BCUT2D eigenvalue weighted by atomic mass is 10.0. The first-order valence-electron chi connectivity index (χ1n) is 8.28. The van der Waals surface area contributed by atoms with Gasteiger partial charge in [-0.2, -0.15) is 12.7 Å². The SMILES string of the molecule is CC1CCN(S(=O)(=O)NCCc2cc(Cl)c3c(c2)OCCO3)CC1. The van der Waals surface area contributed by atoms with Crippen molar-refractivity contribution in [3.05, 3.63) is 22.7 Å². The molecule has 0 spiro atoms. The predicted octanol–water partition coefficient (Wildman–Crippen LogP) is 2.22. The van der Waals surface area contributed by atoms with Crippen LogP contribution in [0.1, 0.15) is 25.3 Å². The van der Waals surface area contributed by atoms with Crippen molar-refractivity contribution < 1.29 is 17.9 Å². The third kappa shape index (κ3) is 4.14. The summed E-state index contributed by atoms with van der Waals surface area (Å²) >= 11 is 6.20. The molecule has 1 aromatic carbocycles. The van der Waals surface area contributed by atoms with Crippen molar-refractivity contribution in [2.75, 3.05) is 32.8 Å². The van der Waals surface area contributed by atoms with Gasteiger partial charge in [0.1, 0.15) is 13.2 Å². The summed E-state index contributed by atoms with van der Waals surface area (Å²) in [6.45, 7) is 4.64. The van der Waals surface area contributed by atoms with Crippen LogP contribution in [0.15, 0.2) is 12.1 Å². The highest BCUT2D eigenvalue weighted by Gasteiger charge is 2.26. The van der Waals surface area contributed by atoms with Crippen molar-refractivity contribution in [2.45, 2.75) is 26.2 Å². The maximum Gasteiger partial charge on any atom is 0.279 e. The summed E-state index contributed by atoms with van der Waals surface area (Å²) in [5.74, 6) is 1.78. The molecule has 2 heterocycles. The van der Waals surface area contributed by atoms with E-state index in [0.29, 0.717) is 61.7 Å².